The molecular weight excluding hydrogens is 275 g/mol. The number of halogens is 2. The van der Waals surface area contributed by atoms with Gasteiger partial charge in [0.15, 0.2) is 5.82 Å². The van der Waals surface area contributed by atoms with Gasteiger partial charge in [0.1, 0.15) is 12.1 Å². The summed E-state index contributed by atoms with van der Waals surface area (Å²) in [5, 5.41) is 2.80. The summed E-state index contributed by atoms with van der Waals surface area (Å²) >= 11 is 3.26. The van der Waals surface area contributed by atoms with Gasteiger partial charge in [0.25, 0.3) is 0 Å². The van der Waals surface area contributed by atoms with E-state index in [4.69, 9.17) is 5.73 Å². The Kier molecular flexibility index (Phi) is 3.00. The summed E-state index contributed by atoms with van der Waals surface area (Å²) < 4.78 is 14.2. The second-order valence-electron chi connectivity index (χ2n) is 3.08. The van der Waals surface area contributed by atoms with Crippen molar-refractivity contribution in [2.75, 3.05) is 11.1 Å². The molecule has 0 atom stereocenters. The van der Waals surface area contributed by atoms with Gasteiger partial charge in [-0.2, -0.15) is 0 Å². The second-order valence-corrected chi connectivity index (χ2v) is 3.99. The summed E-state index contributed by atoms with van der Waals surface area (Å²) in [4.78, 5) is 7.66. The predicted molar refractivity (Wildman–Crippen MR) is 63.8 cm³/mol. The van der Waals surface area contributed by atoms with Gasteiger partial charge >= 0.3 is 0 Å². The van der Waals surface area contributed by atoms with E-state index < -0.39 is 0 Å². The molecule has 0 spiro atoms. The van der Waals surface area contributed by atoms with E-state index in [0.717, 1.165) is 4.47 Å². The fourth-order valence-corrected chi connectivity index (χ4v) is 1.53. The maximum atomic E-state index is 13.4. The molecule has 16 heavy (non-hydrogen) atoms. The van der Waals surface area contributed by atoms with Crippen LogP contribution in [0.3, 0.4) is 0 Å². The van der Waals surface area contributed by atoms with Crippen molar-refractivity contribution in [3.8, 4) is 0 Å². The van der Waals surface area contributed by atoms with Crippen LogP contribution in [0.25, 0.3) is 0 Å². The highest BCUT2D eigenvalue weighted by atomic mass is 79.9. The van der Waals surface area contributed by atoms with Crippen molar-refractivity contribution in [2.45, 2.75) is 0 Å². The monoisotopic (exact) mass is 282 g/mol. The molecule has 0 fully saturated rings. The summed E-state index contributed by atoms with van der Waals surface area (Å²) in [5.74, 6) is 0.00760. The standard InChI is InChI=1S/C10H8BrFN4/c11-6-1-2-7(12)9(3-6)16-10-8(13)4-14-5-15-10/h1-5H,13H2,(H,14,15,16). The number of nitrogen functional groups attached to an aromatic ring is 1. The van der Waals surface area contributed by atoms with Crippen LogP contribution < -0.4 is 11.1 Å². The molecule has 0 saturated carbocycles. The van der Waals surface area contributed by atoms with Crippen LogP contribution in [-0.2, 0) is 0 Å². The van der Waals surface area contributed by atoms with Gasteiger partial charge in [-0.1, -0.05) is 15.9 Å². The zero-order valence-corrected chi connectivity index (χ0v) is 9.70. The minimum Gasteiger partial charge on any atom is -0.394 e. The van der Waals surface area contributed by atoms with E-state index in [1.54, 1.807) is 12.1 Å². The fraction of sp³-hybridized carbons (Fsp3) is 0. The molecule has 82 valence electrons. The molecule has 0 amide bonds. The van der Waals surface area contributed by atoms with Crippen molar-refractivity contribution < 1.29 is 4.39 Å². The number of aromatic nitrogens is 2. The Balaban J connectivity index is 2.34. The molecule has 2 rings (SSSR count). The van der Waals surface area contributed by atoms with E-state index in [-0.39, 0.29) is 5.82 Å². The molecule has 1 heterocycles. The predicted octanol–water partition coefficient (Wildman–Crippen LogP) is 2.70. The molecular formula is C10H8BrFN4. The van der Waals surface area contributed by atoms with Crippen molar-refractivity contribution in [3.05, 3.63) is 41.0 Å². The number of rotatable bonds is 2. The van der Waals surface area contributed by atoms with E-state index in [0.29, 0.717) is 17.2 Å². The van der Waals surface area contributed by atoms with E-state index in [1.165, 1.54) is 18.6 Å². The van der Waals surface area contributed by atoms with Gasteiger partial charge in [-0.25, -0.2) is 14.4 Å². The quantitative estimate of drug-likeness (QED) is 0.889. The number of hydrogen-bond acceptors (Lipinski definition) is 4. The van der Waals surface area contributed by atoms with Crippen LogP contribution in [-0.4, -0.2) is 9.97 Å². The van der Waals surface area contributed by atoms with Gasteiger partial charge < -0.3 is 11.1 Å². The summed E-state index contributed by atoms with van der Waals surface area (Å²) in [6.45, 7) is 0. The Bertz CT molecular complexity index is 518. The van der Waals surface area contributed by atoms with Crippen LogP contribution in [0, 0.1) is 5.82 Å². The minimum absolute atomic E-state index is 0.305. The number of nitrogens with two attached hydrogens (primary N) is 1. The number of anilines is 3. The topological polar surface area (TPSA) is 63.8 Å². The first kappa shape index (κ1) is 10.8. The summed E-state index contributed by atoms with van der Waals surface area (Å²) in [5.41, 5.74) is 6.30. The second kappa shape index (κ2) is 4.44. The van der Waals surface area contributed by atoms with Gasteiger partial charge in [-0.15, -0.1) is 0 Å². The highest BCUT2D eigenvalue weighted by Crippen LogP contribution is 2.24. The van der Waals surface area contributed by atoms with Gasteiger partial charge in [-0.3, -0.25) is 0 Å². The van der Waals surface area contributed by atoms with Gasteiger partial charge in [-0.05, 0) is 18.2 Å². The Morgan fingerprint density at radius 3 is 2.94 bits per heavy atom. The van der Waals surface area contributed by atoms with Gasteiger partial charge in [0.2, 0.25) is 0 Å². The SMILES string of the molecule is Nc1cncnc1Nc1cc(Br)ccc1F. The molecule has 6 heteroatoms. The Morgan fingerprint density at radius 1 is 1.38 bits per heavy atom. The minimum atomic E-state index is -0.374. The zero-order valence-electron chi connectivity index (χ0n) is 8.11. The molecule has 1 aromatic carbocycles. The number of hydrogen-bond donors (Lipinski definition) is 2. The normalized spacial score (nSPS) is 10.1. The van der Waals surface area contributed by atoms with Crippen molar-refractivity contribution in [3.63, 3.8) is 0 Å². The average Bonchev–Trinajstić information content (AvgIpc) is 2.27. The van der Waals surface area contributed by atoms with Gasteiger partial charge in [0.05, 0.1) is 17.6 Å². The molecule has 0 aliphatic carbocycles. The molecule has 0 bridgehead atoms. The third-order valence-electron chi connectivity index (χ3n) is 1.92. The Hall–Kier alpha value is -1.69. The molecule has 3 N–H and O–H groups in total. The van der Waals surface area contributed by atoms with Crippen LogP contribution in [0.15, 0.2) is 35.2 Å². The number of nitrogens with one attached hydrogen (secondary N) is 1. The first-order chi connectivity index (χ1) is 7.66. The van der Waals surface area contributed by atoms with Crippen LogP contribution in [0.4, 0.5) is 21.6 Å². The largest absolute Gasteiger partial charge is 0.394 e. The first-order valence-corrected chi connectivity index (χ1v) is 5.23. The third-order valence-corrected chi connectivity index (χ3v) is 2.42. The molecule has 0 aliphatic heterocycles. The Morgan fingerprint density at radius 2 is 2.19 bits per heavy atom. The molecule has 0 unspecified atom stereocenters. The number of benzene rings is 1. The Labute approximate surface area is 99.9 Å². The maximum absolute atomic E-state index is 13.4. The van der Waals surface area contributed by atoms with Crippen molar-refractivity contribution in [2.24, 2.45) is 0 Å². The van der Waals surface area contributed by atoms with E-state index in [9.17, 15) is 4.39 Å². The van der Waals surface area contributed by atoms with Crippen molar-refractivity contribution >= 4 is 33.1 Å². The lowest BCUT2D eigenvalue weighted by Crippen LogP contribution is -2.01. The molecule has 0 radical (unpaired) electrons. The lowest BCUT2D eigenvalue weighted by molar-refractivity contribution is 0.631. The third kappa shape index (κ3) is 2.27. The summed E-state index contributed by atoms with van der Waals surface area (Å²) in [6, 6.07) is 4.57. The lowest BCUT2D eigenvalue weighted by atomic mass is 10.3. The van der Waals surface area contributed by atoms with Crippen LogP contribution >= 0.6 is 15.9 Å². The lowest BCUT2D eigenvalue weighted by Gasteiger charge is -2.08. The first-order valence-electron chi connectivity index (χ1n) is 4.44. The van der Waals surface area contributed by atoms with Crippen LogP contribution in [0.2, 0.25) is 0 Å². The maximum Gasteiger partial charge on any atom is 0.157 e. The molecule has 1 aromatic heterocycles. The fourth-order valence-electron chi connectivity index (χ4n) is 1.17. The van der Waals surface area contributed by atoms with Crippen molar-refractivity contribution in [1.29, 1.82) is 0 Å². The average molecular weight is 283 g/mol. The zero-order chi connectivity index (χ0) is 11.5. The number of nitrogens with zero attached hydrogens (tertiary/aromatic N) is 2. The van der Waals surface area contributed by atoms with Gasteiger partial charge in [0, 0.05) is 4.47 Å². The van der Waals surface area contributed by atoms with E-state index >= 15 is 0 Å². The smallest absolute Gasteiger partial charge is 0.157 e. The van der Waals surface area contributed by atoms with E-state index in [1.807, 2.05) is 0 Å². The highest BCUT2D eigenvalue weighted by Gasteiger charge is 2.05. The molecule has 0 aliphatic rings. The molecule has 4 nitrogen and oxygen atoms in total. The van der Waals surface area contributed by atoms with Crippen LogP contribution in [0.1, 0.15) is 0 Å². The summed E-state index contributed by atoms with van der Waals surface area (Å²) in [6.07, 6.45) is 2.79. The van der Waals surface area contributed by atoms with Crippen molar-refractivity contribution in [1.82, 2.24) is 9.97 Å². The summed E-state index contributed by atoms with van der Waals surface area (Å²) in [7, 11) is 0. The molecule has 2 aromatic rings. The van der Waals surface area contributed by atoms with E-state index in [2.05, 4.69) is 31.2 Å². The molecule has 0 saturated heterocycles. The van der Waals surface area contributed by atoms with Crippen LogP contribution in [0.5, 0.6) is 0 Å². The highest BCUT2D eigenvalue weighted by molar-refractivity contribution is 9.10.